The lowest BCUT2D eigenvalue weighted by Gasteiger charge is -2.16. The first kappa shape index (κ1) is 12.4. The van der Waals surface area contributed by atoms with Crippen molar-refractivity contribution in [2.45, 2.75) is 44.8 Å². The van der Waals surface area contributed by atoms with Crippen molar-refractivity contribution in [1.82, 2.24) is 0 Å². The molecule has 0 aromatic heterocycles. The van der Waals surface area contributed by atoms with Gasteiger partial charge in [0.2, 0.25) is 0 Å². The molecule has 0 aliphatic heterocycles. The van der Waals surface area contributed by atoms with Crippen LogP contribution in [0.1, 0.15) is 25.7 Å². The predicted molar refractivity (Wildman–Crippen MR) is 64.7 cm³/mol. The van der Waals surface area contributed by atoms with Gasteiger partial charge in [0, 0.05) is 5.33 Å². The van der Waals surface area contributed by atoms with Crippen molar-refractivity contribution in [3.05, 3.63) is 12.3 Å². The van der Waals surface area contributed by atoms with Gasteiger partial charge in [0.1, 0.15) is 0 Å². The Hall–Kier alpha value is 0.437. The van der Waals surface area contributed by atoms with Crippen molar-refractivity contribution in [2.24, 2.45) is 0 Å². The Bertz CT molecular complexity index is 121. The van der Waals surface area contributed by atoms with Crippen molar-refractivity contribution in [3.8, 4) is 0 Å². The van der Waals surface area contributed by atoms with Crippen LogP contribution in [0.2, 0.25) is 19.1 Å². The molecule has 0 rings (SSSR count). The molecule has 0 amide bonds. The van der Waals surface area contributed by atoms with Crippen molar-refractivity contribution >= 4 is 24.0 Å². The highest BCUT2D eigenvalue weighted by molar-refractivity contribution is 9.09. The number of unbranched alkanes of at least 4 members (excludes halogenated alkanes) is 3. The lowest BCUT2D eigenvalue weighted by Crippen LogP contribution is -2.21. The summed E-state index contributed by atoms with van der Waals surface area (Å²) in [5.74, 6) is 0. The predicted octanol–water partition coefficient (Wildman–Crippen LogP) is 4.38. The molecule has 0 atom stereocenters. The Morgan fingerprint density at radius 3 is 2.25 bits per heavy atom. The van der Waals surface area contributed by atoms with Crippen LogP contribution >= 0.6 is 15.9 Å². The van der Waals surface area contributed by atoms with Crippen LogP contribution in [-0.2, 0) is 0 Å². The Labute approximate surface area is 86.6 Å². The van der Waals surface area contributed by atoms with Crippen molar-refractivity contribution < 1.29 is 0 Å². The van der Waals surface area contributed by atoms with Gasteiger partial charge >= 0.3 is 0 Å². The van der Waals surface area contributed by atoms with Crippen LogP contribution in [0.25, 0.3) is 0 Å². The van der Waals surface area contributed by atoms with Gasteiger partial charge in [-0.15, -0.1) is 12.3 Å². The molecule has 0 unspecified atom stereocenters. The summed E-state index contributed by atoms with van der Waals surface area (Å²) in [7, 11) is -0.985. The lowest BCUT2D eigenvalue weighted by atomic mass is 10.2. The second kappa shape index (κ2) is 6.90. The fourth-order valence-electron chi connectivity index (χ4n) is 1.13. The molecule has 0 spiro atoms. The van der Waals surface area contributed by atoms with Gasteiger partial charge in [-0.25, -0.2) is 0 Å². The lowest BCUT2D eigenvalue weighted by molar-refractivity contribution is 0.703. The Kier molecular flexibility index (Phi) is 7.15. The van der Waals surface area contributed by atoms with E-state index in [1.165, 1.54) is 31.7 Å². The first-order valence-electron chi connectivity index (χ1n) is 4.82. The van der Waals surface area contributed by atoms with Crippen LogP contribution in [0.4, 0.5) is 0 Å². The first-order chi connectivity index (χ1) is 5.62. The minimum Gasteiger partial charge on any atom is -0.107 e. The third kappa shape index (κ3) is 7.11. The highest BCUT2D eigenvalue weighted by Crippen LogP contribution is 2.15. The van der Waals surface area contributed by atoms with Gasteiger partial charge in [-0.2, -0.15) is 0 Å². The highest BCUT2D eigenvalue weighted by Gasteiger charge is 2.14. The van der Waals surface area contributed by atoms with Gasteiger partial charge in [-0.3, -0.25) is 0 Å². The number of hydrogen-bond donors (Lipinski definition) is 0. The third-order valence-electron chi connectivity index (χ3n) is 2.26. The molecule has 0 bridgehead atoms. The SMILES string of the molecule is C=C[Si](C)(C)CCCCCCBr. The Balaban J connectivity index is 3.25. The molecule has 0 radical (unpaired) electrons. The first-order valence-corrected chi connectivity index (χ1v) is 9.22. The molecule has 0 nitrogen and oxygen atoms in total. The second-order valence-corrected chi connectivity index (χ2v) is 9.72. The fraction of sp³-hybridized carbons (Fsp3) is 0.800. The maximum atomic E-state index is 3.90. The zero-order chi connectivity index (χ0) is 9.45. The van der Waals surface area contributed by atoms with Crippen LogP contribution in [-0.4, -0.2) is 13.4 Å². The molecule has 0 aliphatic rings. The minimum atomic E-state index is -0.985. The molecule has 0 heterocycles. The molecule has 0 N–H and O–H groups in total. The van der Waals surface area contributed by atoms with E-state index in [4.69, 9.17) is 0 Å². The normalized spacial score (nSPS) is 11.6. The van der Waals surface area contributed by atoms with Crippen LogP contribution in [0.5, 0.6) is 0 Å². The minimum absolute atomic E-state index is 0.985. The van der Waals surface area contributed by atoms with Gasteiger partial charge in [0.05, 0.1) is 8.07 Å². The summed E-state index contributed by atoms with van der Waals surface area (Å²) in [6.45, 7) is 8.69. The number of hydrogen-bond acceptors (Lipinski definition) is 0. The zero-order valence-corrected chi connectivity index (χ0v) is 11.0. The van der Waals surface area contributed by atoms with E-state index < -0.39 is 8.07 Å². The quantitative estimate of drug-likeness (QED) is 0.357. The number of alkyl halides is 1. The average Bonchev–Trinajstić information content (AvgIpc) is 2.04. The zero-order valence-electron chi connectivity index (χ0n) is 8.41. The summed E-state index contributed by atoms with van der Waals surface area (Å²) in [6.07, 6.45) is 5.51. The van der Waals surface area contributed by atoms with E-state index in [2.05, 4.69) is 41.3 Å². The highest BCUT2D eigenvalue weighted by atomic mass is 79.9. The van der Waals surface area contributed by atoms with E-state index in [1.54, 1.807) is 0 Å². The molecule has 0 saturated carbocycles. The van der Waals surface area contributed by atoms with E-state index in [1.807, 2.05) is 0 Å². The van der Waals surface area contributed by atoms with Gasteiger partial charge < -0.3 is 0 Å². The summed E-state index contributed by atoms with van der Waals surface area (Å²) in [4.78, 5) is 0. The van der Waals surface area contributed by atoms with Crippen LogP contribution in [0, 0.1) is 0 Å². The van der Waals surface area contributed by atoms with Crippen molar-refractivity contribution in [3.63, 3.8) is 0 Å². The molecule has 0 fully saturated rings. The Morgan fingerprint density at radius 2 is 1.75 bits per heavy atom. The smallest absolute Gasteiger partial charge is 0.0709 e. The molecule has 12 heavy (non-hydrogen) atoms. The molecule has 2 heteroatoms. The van der Waals surface area contributed by atoms with Crippen molar-refractivity contribution in [2.75, 3.05) is 5.33 Å². The largest absolute Gasteiger partial charge is 0.107 e. The van der Waals surface area contributed by atoms with E-state index in [9.17, 15) is 0 Å². The van der Waals surface area contributed by atoms with Gasteiger partial charge in [-0.05, 0) is 6.42 Å². The fourth-order valence-corrected chi connectivity index (χ4v) is 2.89. The van der Waals surface area contributed by atoms with E-state index in [0.29, 0.717) is 0 Å². The van der Waals surface area contributed by atoms with Crippen LogP contribution in [0.15, 0.2) is 12.3 Å². The second-order valence-electron chi connectivity index (χ2n) is 4.05. The van der Waals surface area contributed by atoms with E-state index in [0.717, 1.165) is 5.33 Å². The standard InChI is InChI=1S/C10H21BrSi/c1-4-12(2,3)10-8-6-5-7-9-11/h4H,1,5-10H2,2-3H3. The molecule has 0 aromatic rings. The molecule has 0 saturated heterocycles. The summed E-state index contributed by atoms with van der Waals surface area (Å²) < 4.78 is 0. The van der Waals surface area contributed by atoms with Gasteiger partial charge in [-0.1, -0.05) is 54.3 Å². The molecular formula is C10H21BrSi. The van der Waals surface area contributed by atoms with Crippen molar-refractivity contribution in [1.29, 1.82) is 0 Å². The molecular weight excluding hydrogens is 228 g/mol. The van der Waals surface area contributed by atoms with Crippen LogP contribution in [0.3, 0.4) is 0 Å². The topological polar surface area (TPSA) is 0 Å². The maximum absolute atomic E-state index is 3.90. The van der Waals surface area contributed by atoms with Gasteiger partial charge in [0.15, 0.2) is 0 Å². The molecule has 72 valence electrons. The number of rotatable bonds is 7. The van der Waals surface area contributed by atoms with Gasteiger partial charge in [0.25, 0.3) is 0 Å². The average molecular weight is 249 g/mol. The monoisotopic (exact) mass is 248 g/mol. The van der Waals surface area contributed by atoms with E-state index in [-0.39, 0.29) is 0 Å². The maximum Gasteiger partial charge on any atom is 0.0709 e. The number of halogens is 1. The Morgan fingerprint density at radius 1 is 1.17 bits per heavy atom. The summed E-state index contributed by atoms with van der Waals surface area (Å²) in [5, 5.41) is 1.16. The van der Waals surface area contributed by atoms with Crippen LogP contribution < -0.4 is 0 Å². The molecule has 0 aromatic carbocycles. The summed E-state index contributed by atoms with van der Waals surface area (Å²) in [5.41, 5.74) is 2.21. The summed E-state index contributed by atoms with van der Waals surface area (Å²) in [6, 6.07) is 1.42. The molecule has 0 aliphatic carbocycles. The third-order valence-corrected chi connectivity index (χ3v) is 5.57. The van der Waals surface area contributed by atoms with E-state index >= 15 is 0 Å². The summed E-state index contributed by atoms with van der Waals surface area (Å²) >= 11 is 3.45.